The van der Waals surface area contributed by atoms with Crippen LogP contribution in [0.4, 0.5) is 69.0 Å². The molecule has 1 aliphatic carbocycles. The van der Waals surface area contributed by atoms with E-state index in [-0.39, 0.29) is 41.5 Å². The standard InChI is InChI=1S/C23H26N4O.C21H23N5O.C19H24N4O.C18H24N4O.C17H22N4O.C16H20N4O/c1-16-8-7-11-20(14-16)24-23-21-15-26(18(3)28)13-12-22(21)27(25-23)17(2)19-9-5-4-6-10-19;1-15-4-3-5-18(12-15)23-21-19-14-25(16(2)27)11-8-20(19)26(24-21)13-17-6-9-22-10-7-17;1-13-4-3-5-16(10-13)20-19-17-12-22(14(2)24)9-8-18(17)23(21-19)11-15-6-7-15;1-12(2)22-17-8-9-21(14(4)23)11-16(17)18(20-22)19-15-7-5-6-13(3)10-15;1-4-21-16-8-9-20(13(3)22)11-15(16)17(19-21)18-14-7-5-6-12(2)10-14;1-11-5-4-6-13(9-11)17-16-14-10-20(12(2)21)8-7-15(14)19(3)18-16/h4-11,14,17H,12-13,15H2,1-3H3,(H,24,25);3-7,9-10,12H,8,11,13-14H2,1-2H3,(H,23,24);3-5,10,15H,6-9,11-12H2,1-2H3,(H,20,21);5-7,10,12H,8-9,11H2,1-4H3,(H,19,20);5-7,10H,4,8-9,11H2,1-3H3,(H,18,19);4-6,9H,7-8,10H2,1-3H3,(H,17,18). The number of rotatable bonds is 20. The van der Waals surface area contributed by atoms with E-state index in [9.17, 15) is 28.8 Å². The monoisotopic (exact) mass is 1950 g/mol. The quantitative estimate of drug-likeness (QED) is 0.0413. The molecule has 6 N–H and O–H groups in total. The molecular weight excluding hydrogens is 1820 g/mol. The van der Waals surface area contributed by atoms with Crippen LogP contribution in [0, 0.1) is 47.5 Å². The van der Waals surface area contributed by atoms with Gasteiger partial charge in [-0.1, -0.05) is 103 Å². The lowest BCUT2D eigenvalue weighted by Crippen LogP contribution is -2.35. The van der Waals surface area contributed by atoms with Gasteiger partial charge >= 0.3 is 0 Å². The number of carbonyl (C=O) groups excluding carboxylic acids is 6. The Kier molecular flexibility index (Phi) is 32.7. The number of nitrogens with one attached hydrogen (secondary N) is 6. The molecule has 0 saturated heterocycles. The highest BCUT2D eigenvalue weighted by atomic mass is 16.2. The van der Waals surface area contributed by atoms with E-state index in [1.807, 2.05) is 131 Å². The minimum atomic E-state index is 0.101. The second-order valence-electron chi connectivity index (χ2n) is 39.4. The highest BCUT2D eigenvalue weighted by Crippen LogP contribution is 2.40. The van der Waals surface area contributed by atoms with Crippen LogP contribution < -0.4 is 31.9 Å². The number of benzene rings is 7. The van der Waals surface area contributed by atoms with E-state index in [2.05, 4.69) is 233 Å². The Hall–Kier alpha value is -15.4. The summed E-state index contributed by atoms with van der Waals surface area (Å²) in [5.41, 5.74) is 30.0. The summed E-state index contributed by atoms with van der Waals surface area (Å²) in [6, 6.07) is 64.4. The van der Waals surface area contributed by atoms with Gasteiger partial charge in [0, 0.05) is 260 Å². The Balaban J connectivity index is 0.000000125. The number of hydrogen-bond acceptors (Lipinski definition) is 19. The first kappa shape index (κ1) is 102. The third-order valence-electron chi connectivity index (χ3n) is 27.8. The maximum Gasteiger partial charge on any atom is 0.219 e. The van der Waals surface area contributed by atoms with Crippen LogP contribution in [-0.2, 0) is 133 Å². The normalized spacial score (nSPS) is 14.4. The zero-order chi connectivity index (χ0) is 102. The number of nitrogens with zero attached hydrogens (tertiary/aromatic N) is 19. The van der Waals surface area contributed by atoms with Gasteiger partial charge in [0.2, 0.25) is 35.4 Å². The molecule has 14 aromatic rings. The molecule has 31 heteroatoms. The molecule has 7 aromatic heterocycles. The van der Waals surface area contributed by atoms with Gasteiger partial charge < -0.3 is 61.3 Å². The Morgan fingerprint density at radius 2 is 0.607 bits per heavy atom. The van der Waals surface area contributed by atoms with Crippen LogP contribution in [0.1, 0.15) is 206 Å². The second-order valence-corrected chi connectivity index (χ2v) is 39.4. The van der Waals surface area contributed by atoms with Gasteiger partial charge in [-0.25, -0.2) is 0 Å². The van der Waals surface area contributed by atoms with Crippen LogP contribution in [-0.4, -0.2) is 168 Å². The van der Waals surface area contributed by atoms with Crippen molar-refractivity contribution in [2.45, 2.75) is 233 Å². The van der Waals surface area contributed by atoms with Gasteiger partial charge in [-0.3, -0.25) is 61.8 Å². The fraction of sp³-hybridized carbons (Fsp3) is 0.377. The third kappa shape index (κ3) is 25.6. The molecule has 756 valence electrons. The Bertz CT molecular complexity index is 6970. The molecule has 7 aliphatic rings. The topological polar surface area (TPSA) is 314 Å². The van der Waals surface area contributed by atoms with E-state index < -0.39 is 0 Å². The number of pyridine rings is 1. The van der Waals surface area contributed by atoms with Gasteiger partial charge in [0.25, 0.3) is 0 Å². The summed E-state index contributed by atoms with van der Waals surface area (Å²) in [6.07, 6.45) is 11.3. The van der Waals surface area contributed by atoms with E-state index in [4.69, 9.17) is 25.5 Å². The molecule has 145 heavy (non-hydrogen) atoms. The van der Waals surface area contributed by atoms with E-state index in [1.54, 1.807) is 53.9 Å². The molecule has 1 fully saturated rings. The number of aromatic nitrogens is 13. The lowest BCUT2D eigenvalue weighted by molar-refractivity contribution is -0.130. The summed E-state index contributed by atoms with van der Waals surface area (Å²) < 4.78 is 12.4. The zero-order valence-corrected chi connectivity index (χ0v) is 87.0. The highest BCUT2D eigenvalue weighted by Gasteiger charge is 2.35. The van der Waals surface area contributed by atoms with E-state index >= 15 is 0 Å². The summed E-state index contributed by atoms with van der Waals surface area (Å²) >= 11 is 0. The molecule has 6 aliphatic heterocycles. The highest BCUT2D eigenvalue weighted by molar-refractivity contribution is 5.79. The number of aryl methyl sites for hydroxylation is 8. The Morgan fingerprint density at radius 1 is 0.324 bits per heavy atom. The van der Waals surface area contributed by atoms with Crippen molar-refractivity contribution < 1.29 is 28.8 Å². The van der Waals surface area contributed by atoms with Gasteiger partial charge in [-0.15, -0.1) is 0 Å². The molecule has 1 atom stereocenters. The Labute approximate surface area is 851 Å². The van der Waals surface area contributed by atoms with Crippen LogP contribution >= 0.6 is 0 Å². The summed E-state index contributed by atoms with van der Waals surface area (Å²) in [7, 11) is 1.96. The van der Waals surface area contributed by atoms with Gasteiger partial charge in [-0.2, -0.15) is 30.6 Å². The molecule has 13 heterocycles. The van der Waals surface area contributed by atoms with Crippen molar-refractivity contribution in [1.29, 1.82) is 0 Å². The van der Waals surface area contributed by atoms with Crippen LogP contribution in [0.15, 0.2) is 200 Å². The van der Waals surface area contributed by atoms with Crippen LogP contribution in [0.5, 0.6) is 0 Å². The number of anilines is 12. The molecule has 0 spiro atoms. The van der Waals surface area contributed by atoms with Crippen molar-refractivity contribution in [1.82, 2.24) is 93.1 Å². The molecular formula is C114H139N25O6. The smallest absolute Gasteiger partial charge is 0.219 e. The fourth-order valence-corrected chi connectivity index (χ4v) is 19.7. The molecule has 0 bridgehead atoms. The van der Waals surface area contributed by atoms with Crippen molar-refractivity contribution in [3.8, 4) is 0 Å². The molecule has 7 aromatic carbocycles. The molecule has 0 radical (unpaired) electrons. The van der Waals surface area contributed by atoms with Gasteiger partial charge in [0.15, 0.2) is 34.9 Å². The van der Waals surface area contributed by atoms with E-state index in [0.29, 0.717) is 51.9 Å². The van der Waals surface area contributed by atoms with Gasteiger partial charge in [-0.05, 0) is 217 Å². The average Bonchev–Trinajstić information content (AvgIpc) is 1.65. The third-order valence-corrected chi connectivity index (χ3v) is 27.8. The van der Waals surface area contributed by atoms with Crippen LogP contribution in [0.3, 0.4) is 0 Å². The lowest BCUT2D eigenvalue weighted by Gasteiger charge is -2.27. The molecule has 21 rings (SSSR count). The minimum Gasteiger partial charge on any atom is -0.338 e. The fourth-order valence-electron chi connectivity index (χ4n) is 19.7. The summed E-state index contributed by atoms with van der Waals surface area (Å²) in [5.74, 6) is 6.65. The van der Waals surface area contributed by atoms with Crippen molar-refractivity contribution in [3.05, 3.63) is 313 Å². The second kappa shape index (κ2) is 46.3. The summed E-state index contributed by atoms with van der Waals surface area (Å²) in [4.78, 5) is 86.1. The zero-order valence-electron chi connectivity index (χ0n) is 87.0. The SMILES string of the molecule is CC(=O)N1CCc2c(c(Nc3cccc(C)c3)nn2C(C)C)C1.CC(=O)N1CCc2c(c(Nc3cccc(C)c3)nn2C(C)c2ccccc2)C1.CC(=O)N1CCc2c(c(Nc3cccc(C)c3)nn2C)C1.CC(=O)N1CCc2c(c(Nc3cccc(C)c3)nn2CC2CC2)C1.CC(=O)N1CCc2c(c(Nc3cccc(C)c3)nn2Cc2ccncc2)C1.CCn1nc(Nc2cccc(C)c2)c2c1CCN(C(C)=O)C2. The van der Waals surface area contributed by atoms with Crippen LogP contribution in [0.2, 0.25) is 0 Å². The maximum absolute atomic E-state index is 12.0. The first-order chi connectivity index (χ1) is 69.8. The maximum atomic E-state index is 12.0. The first-order valence-electron chi connectivity index (χ1n) is 50.8. The predicted octanol–water partition coefficient (Wildman–Crippen LogP) is 19.6. The molecule has 6 amide bonds. The summed E-state index contributed by atoms with van der Waals surface area (Å²) in [6.45, 7) is 41.7. The summed E-state index contributed by atoms with van der Waals surface area (Å²) in [5, 5.41) is 49.4. The number of fused-ring (bicyclic) bond motifs is 6. The van der Waals surface area contributed by atoms with Gasteiger partial charge in [0.1, 0.15) is 0 Å². The molecule has 31 nitrogen and oxygen atoms in total. The van der Waals surface area contributed by atoms with Gasteiger partial charge in [0.05, 0.1) is 51.9 Å². The van der Waals surface area contributed by atoms with E-state index in [1.165, 1.54) is 91.5 Å². The predicted molar refractivity (Wildman–Crippen MR) is 572 cm³/mol. The first-order valence-corrected chi connectivity index (χ1v) is 50.8. The van der Waals surface area contributed by atoms with Crippen molar-refractivity contribution >= 4 is 104 Å². The minimum absolute atomic E-state index is 0.101. The van der Waals surface area contributed by atoms with E-state index in [0.717, 1.165) is 199 Å². The Morgan fingerprint density at radius 3 is 0.938 bits per heavy atom. The number of carbonyl (C=O) groups is 6. The lowest BCUT2D eigenvalue weighted by atomic mass is 10.0. The van der Waals surface area contributed by atoms with Crippen molar-refractivity contribution in [3.63, 3.8) is 0 Å². The van der Waals surface area contributed by atoms with Crippen molar-refractivity contribution in [2.24, 2.45) is 13.0 Å². The molecule has 1 saturated carbocycles. The largest absolute Gasteiger partial charge is 0.338 e. The number of amides is 6. The number of hydrogen-bond donors (Lipinski definition) is 6. The molecule has 1 unspecified atom stereocenters. The van der Waals surface area contributed by atoms with Crippen molar-refractivity contribution in [2.75, 3.05) is 71.2 Å². The van der Waals surface area contributed by atoms with Crippen LogP contribution in [0.25, 0.3) is 0 Å². The average molecular weight is 1960 g/mol.